The zero-order valence-corrected chi connectivity index (χ0v) is 24.3. The summed E-state index contributed by atoms with van der Waals surface area (Å²) in [5, 5.41) is 8.28. The van der Waals surface area contributed by atoms with E-state index in [2.05, 4.69) is 153 Å². The van der Waals surface area contributed by atoms with Crippen LogP contribution in [0.2, 0.25) is 0 Å². The Morgan fingerprint density at radius 1 is 0.605 bits per heavy atom. The predicted octanol–water partition coefficient (Wildman–Crippen LogP) is 5.69. The predicted molar refractivity (Wildman–Crippen MR) is 168 cm³/mol. The molecule has 0 spiro atoms. The molecule has 0 radical (unpaired) electrons. The molecule has 6 aromatic rings. The summed E-state index contributed by atoms with van der Waals surface area (Å²) >= 11 is 0. The van der Waals surface area contributed by atoms with Gasteiger partial charge in [-0.1, -0.05) is 105 Å². The van der Waals surface area contributed by atoms with Crippen molar-refractivity contribution in [1.29, 1.82) is 0 Å². The summed E-state index contributed by atoms with van der Waals surface area (Å²) in [5.74, 6) is 0. The largest absolute Gasteiger partial charge is 0.500 e. The van der Waals surface area contributed by atoms with Crippen LogP contribution in [0.5, 0.6) is 0 Å². The van der Waals surface area contributed by atoms with E-state index in [1.807, 2.05) is 12.3 Å². The number of nitrogens with zero attached hydrogens (tertiary/aromatic N) is 6. The van der Waals surface area contributed by atoms with Crippen LogP contribution in [-0.2, 0) is 20.4 Å². The van der Waals surface area contributed by atoms with Crippen molar-refractivity contribution in [2.24, 2.45) is 0 Å². The van der Waals surface area contributed by atoms with E-state index in [0.717, 1.165) is 39.6 Å². The fraction of sp³-hybridized carbons (Fsp3) is 0. The summed E-state index contributed by atoms with van der Waals surface area (Å²) in [7, 11) is 0. The molecule has 0 atom stereocenters. The second-order valence-electron chi connectivity index (χ2n) is 10.6. The number of anilines is 4. The zero-order chi connectivity index (χ0) is 27.6. The minimum absolute atomic E-state index is 0. The number of hydrogen-bond donors (Lipinski definition) is 0. The van der Waals surface area contributed by atoms with Gasteiger partial charge >= 0.3 is 6.85 Å². The topological polar surface area (TPSA) is 40.4 Å². The minimum atomic E-state index is -0.0231. The molecule has 0 bridgehead atoms. The van der Waals surface area contributed by atoms with Gasteiger partial charge in [0.05, 0.1) is 6.20 Å². The van der Waals surface area contributed by atoms with Crippen molar-refractivity contribution in [1.82, 2.24) is 15.0 Å². The van der Waals surface area contributed by atoms with Crippen molar-refractivity contribution in [2.75, 3.05) is 14.6 Å². The fourth-order valence-corrected chi connectivity index (χ4v) is 6.41. The molecule has 43 heavy (non-hydrogen) atoms. The van der Waals surface area contributed by atoms with Gasteiger partial charge < -0.3 is 14.6 Å². The van der Waals surface area contributed by atoms with E-state index in [1.165, 1.54) is 22.1 Å². The average molecular weight is 644 g/mol. The number of aromatic nitrogens is 3. The fourth-order valence-electron chi connectivity index (χ4n) is 6.41. The molecule has 0 saturated carbocycles. The molecule has 5 aromatic carbocycles. The van der Waals surface area contributed by atoms with Gasteiger partial charge in [0.25, 0.3) is 0 Å². The Morgan fingerprint density at radius 2 is 1.21 bits per heavy atom. The smallest absolute Gasteiger partial charge is 0.324 e. The summed E-state index contributed by atoms with van der Waals surface area (Å²) in [6, 6.07) is 44.0. The van der Waals surface area contributed by atoms with Gasteiger partial charge in [-0.25, -0.2) is 4.68 Å². The van der Waals surface area contributed by atoms with Crippen LogP contribution in [0, 0.1) is 18.8 Å². The first-order valence-electron chi connectivity index (χ1n) is 14.0. The Kier molecular flexibility index (Phi) is 6.08. The number of fused-ring (bicyclic) bond motifs is 11. The van der Waals surface area contributed by atoms with Gasteiger partial charge in [0.15, 0.2) is 0 Å². The molecule has 208 valence electrons. The SMILES string of the molecule is [Pd].[c-]1c(N2C=CN(c3ccccc3)[CH-]2)ccc2c1N1B(c3ccccc3-2)c2ccccc2-c2ccc(-n3ccnn3)[c-]c21. The summed E-state index contributed by atoms with van der Waals surface area (Å²) in [6.07, 6.45) is 7.69. The maximum Gasteiger partial charge on any atom is 0.324 e. The van der Waals surface area contributed by atoms with Gasteiger partial charge in [0, 0.05) is 32.3 Å². The van der Waals surface area contributed by atoms with Crippen molar-refractivity contribution in [3.05, 3.63) is 147 Å². The maximum atomic E-state index is 4.25. The average Bonchev–Trinajstić information content (AvgIpc) is 3.78. The molecule has 8 heteroatoms. The van der Waals surface area contributed by atoms with Crippen LogP contribution in [0.3, 0.4) is 0 Å². The standard InChI is InChI=1S/C35H22BN6.Pd/c1-2-8-25(9-3-1)39-20-21-40(24-39)26-14-16-30-28-10-4-6-12-32(28)36-33-13-7-5-11-29(33)31-17-15-27(41-19-18-37-38-41)23-35(31)42(36)34(30)22-26;/h1-21,24H;/q-3;. The van der Waals surface area contributed by atoms with E-state index in [0.29, 0.717) is 0 Å². The Hall–Kier alpha value is -4.89. The van der Waals surface area contributed by atoms with Gasteiger partial charge in [-0.15, -0.1) is 52.8 Å². The van der Waals surface area contributed by atoms with Crippen LogP contribution in [0.1, 0.15) is 0 Å². The molecule has 0 N–H and O–H groups in total. The molecule has 0 amide bonds. The first kappa shape index (κ1) is 25.8. The molecule has 0 unspecified atom stereocenters. The molecule has 3 aliphatic rings. The van der Waals surface area contributed by atoms with Crippen LogP contribution in [0.15, 0.2) is 128 Å². The van der Waals surface area contributed by atoms with Crippen molar-refractivity contribution in [3.8, 4) is 27.9 Å². The summed E-state index contributed by atoms with van der Waals surface area (Å²) < 4.78 is 1.76. The molecule has 9 rings (SSSR count). The molecule has 0 saturated heterocycles. The quantitative estimate of drug-likeness (QED) is 0.183. The third-order valence-corrected chi connectivity index (χ3v) is 8.29. The Morgan fingerprint density at radius 3 is 1.88 bits per heavy atom. The Labute approximate surface area is 264 Å². The van der Waals surface area contributed by atoms with Crippen LogP contribution in [0.25, 0.3) is 27.9 Å². The second-order valence-corrected chi connectivity index (χ2v) is 10.6. The minimum Gasteiger partial charge on any atom is -0.500 e. The molecule has 1 aromatic heterocycles. The van der Waals surface area contributed by atoms with E-state index in [-0.39, 0.29) is 27.3 Å². The van der Waals surface area contributed by atoms with Crippen molar-refractivity contribution in [2.45, 2.75) is 0 Å². The van der Waals surface area contributed by atoms with Crippen LogP contribution < -0.4 is 25.5 Å². The monoisotopic (exact) mass is 643 g/mol. The number of rotatable bonds is 3. The summed E-state index contributed by atoms with van der Waals surface area (Å²) in [4.78, 5) is 6.65. The first-order valence-corrected chi connectivity index (χ1v) is 14.0. The van der Waals surface area contributed by atoms with E-state index in [1.54, 1.807) is 10.9 Å². The van der Waals surface area contributed by atoms with Gasteiger partial charge in [-0.2, -0.15) is 12.1 Å². The van der Waals surface area contributed by atoms with Gasteiger partial charge in [-0.05, 0) is 30.2 Å². The van der Waals surface area contributed by atoms with Gasteiger partial charge in [0.2, 0.25) is 0 Å². The third kappa shape index (κ3) is 3.99. The molecule has 3 aliphatic heterocycles. The van der Waals surface area contributed by atoms with Crippen LogP contribution in [0.4, 0.5) is 22.7 Å². The maximum absolute atomic E-state index is 4.25. The van der Waals surface area contributed by atoms with Crippen molar-refractivity contribution < 1.29 is 20.4 Å². The number of benzene rings is 5. The normalized spacial score (nSPS) is 14.0. The van der Waals surface area contributed by atoms with E-state index in [9.17, 15) is 0 Å². The summed E-state index contributed by atoms with van der Waals surface area (Å²) in [6.45, 7) is 2.07. The van der Waals surface area contributed by atoms with Gasteiger partial charge in [-0.3, -0.25) is 0 Å². The molecular weight excluding hydrogens is 622 g/mol. The van der Waals surface area contributed by atoms with E-state index < -0.39 is 0 Å². The summed E-state index contributed by atoms with van der Waals surface area (Å²) in [5.41, 5.74) is 12.2. The zero-order valence-electron chi connectivity index (χ0n) is 22.8. The second kappa shape index (κ2) is 10.1. The third-order valence-electron chi connectivity index (χ3n) is 8.29. The van der Waals surface area contributed by atoms with E-state index >= 15 is 0 Å². The van der Waals surface area contributed by atoms with Gasteiger partial charge in [0.1, 0.15) is 0 Å². The first-order chi connectivity index (χ1) is 20.8. The molecule has 4 heterocycles. The van der Waals surface area contributed by atoms with Crippen LogP contribution in [-0.4, -0.2) is 21.8 Å². The number of para-hydroxylation sites is 1. The van der Waals surface area contributed by atoms with Crippen molar-refractivity contribution >= 4 is 40.5 Å². The molecule has 0 aliphatic carbocycles. The Bertz CT molecular complexity index is 2010. The number of hydrogen-bond acceptors (Lipinski definition) is 5. The van der Waals surface area contributed by atoms with E-state index in [4.69, 9.17) is 0 Å². The molecular formula is C35H22BN6Pd-3. The van der Waals surface area contributed by atoms with Crippen molar-refractivity contribution in [3.63, 3.8) is 0 Å². The molecule has 6 nitrogen and oxygen atoms in total. The van der Waals surface area contributed by atoms with Crippen LogP contribution >= 0.6 is 0 Å². The molecule has 0 fully saturated rings. The Balaban J connectivity index is 0.00000278.